The summed E-state index contributed by atoms with van der Waals surface area (Å²) in [4.78, 5) is 12.3. The Bertz CT molecular complexity index is 656. The van der Waals surface area contributed by atoms with E-state index in [0.717, 1.165) is 37.1 Å². The molecule has 1 heterocycles. The maximum atomic E-state index is 12.3. The van der Waals surface area contributed by atoms with Crippen LogP contribution in [0, 0.1) is 6.92 Å². The summed E-state index contributed by atoms with van der Waals surface area (Å²) in [5.41, 5.74) is 3.61. The molecule has 5 heteroatoms. The average Bonchev–Trinajstić information content (AvgIpc) is 3.27. The molecule has 0 spiro atoms. The van der Waals surface area contributed by atoms with Gasteiger partial charge < -0.3 is 5.32 Å². The highest BCUT2D eigenvalue weighted by atomic mass is 16.2. The van der Waals surface area contributed by atoms with Crippen LogP contribution in [0.3, 0.4) is 0 Å². The first kappa shape index (κ1) is 14.8. The molecule has 0 radical (unpaired) electrons. The van der Waals surface area contributed by atoms with Gasteiger partial charge in [0.2, 0.25) is 0 Å². The minimum atomic E-state index is -0.103. The molecule has 0 atom stereocenters. The molecule has 1 aromatic carbocycles. The van der Waals surface area contributed by atoms with Gasteiger partial charge in [-0.15, -0.1) is 5.10 Å². The molecule has 1 N–H and O–H groups in total. The number of hydrogen-bond donors (Lipinski definition) is 1. The Morgan fingerprint density at radius 1 is 1.32 bits per heavy atom. The number of unbranched alkanes of at least 4 members (excludes halogenated alkanes) is 1. The van der Waals surface area contributed by atoms with Crippen molar-refractivity contribution in [3.05, 3.63) is 41.2 Å². The monoisotopic (exact) mass is 298 g/mol. The van der Waals surface area contributed by atoms with E-state index < -0.39 is 0 Å². The van der Waals surface area contributed by atoms with Crippen LogP contribution < -0.4 is 5.32 Å². The van der Waals surface area contributed by atoms with Crippen LogP contribution in [0.1, 0.15) is 60.3 Å². The fourth-order valence-electron chi connectivity index (χ4n) is 2.51. The van der Waals surface area contributed by atoms with Crippen LogP contribution in [-0.2, 0) is 0 Å². The molecule has 116 valence electrons. The lowest BCUT2D eigenvalue weighted by molar-refractivity contribution is 0.0947. The fourth-order valence-corrected chi connectivity index (χ4v) is 2.51. The van der Waals surface area contributed by atoms with Crippen LogP contribution in [0.25, 0.3) is 5.69 Å². The maximum absolute atomic E-state index is 12.3. The van der Waals surface area contributed by atoms with Crippen LogP contribution in [0.15, 0.2) is 24.3 Å². The summed E-state index contributed by atoms with van der Waals surface area (Å²) in [7, 11) is 0. The summed E-state index contributed by atoms with van der Waals surface area (Å²) in [6, 6.07) is 8.15. The van der Waals surface area contributed by atoms with Crippen molar-refractivity contribution in [2.75, 3.05) is 6.54 Å². The summed E-state index contributed by atoms with van der Waals surface area (Å²) in [5.74, 6) is 0.303. The molecule has 1 saturated carbocycles. The van der Waals surface area contributed by atoms with Crippen molar-refractivity contribution in [3.8, 4) is 5.69 Å². The number of carbonyl (C=O) groups excluding carboxylic acids is 1. The lowest BCUT2D eigenvalue weighted by atomic mass is 10.2. The summed E-state index contributed by atoms with van der Waals surface area (Å²) in [6.45, 7) is 4.85. The molecule has 1 aliphatic carbocycles. The van der Waals surface area contributed by atoms with E-state index in [1.54, 1.807) is 0 Å². The zero-order valence-corrected chi connectivity index (χ0v) is 13.2. The van der Waals surface area contributed by atoms with E-state index >= 15 is 0 Å². The Balaban J connectivity index is 1.89. The number of nitrogens with one attached hydrogen (secondary N) is 1. The van der Waals surface area contributed by atoms with Crippen molar-refractivity contribution in [3.63, 3.8) is 0 Å². The van der Waals surface area contributed by atoms with Gasteiger partial charge in [-0.05, 0) is 38.3 Å². The van der Waals surface area contributed by atoms with Gasteiger partial charge >= 0.3 is 0 Å². The van der Waals surface area contributed by atoms with Crippen molar-refractivity contribution in [2.24, 2.45) is 0 Å². The predicted molar refractivity (Wildman–Crippen MR) is 85.3 cm³/mol. The number of benzene rings is 1. The van der Waals surface area contributed by atoms with Gasteiger partial charge in [-0.2, -0.15) is 0 Å². The third-order valence-corrected chi connectivity index (χ3v) is 3.98. The number of hydrogen-bond acceptors (Lipinski definition) is 3. The molecule has 1 fully saturated rings. The molecule has 1 amide bonds. The van der Waals surface area contributed by atoms with Gasteiger partial charge in [0.1, 0.15) is 0 Å². The van der Waals surface area contributed by atoms with Gasteiger partial charge in [-0.25, -0.2) is 4.68 Å². The van der Waals surface area contributed by atoms with Gasteiger partial charge in [0.25, 0.3) is 5.91 Å². The van der Waals surface area contributed by atoms with Gasteiger partial charge in [0.15, 0.2) is 5.69 Å². The normalized spacial score (nSPS) is 14.1. The number of rotatable bonds is 6. The second-order valence-electron chi connectivity index (χ2n) is 5.95. The molecule has 1 aliphatic rings. The molecule has 0 unspecified atom stereocenters. The predicted octanol–water partition coefficient (Wildman–Crippen LogP) is 2.98. The average molecular weight is 298 g/mol. The quantitative estimate of drug-likeness (QED) is 0.834. The Morgan fingerprint density at radius 3 is 2.68 bits per heavy atom. The van der Waals surface area contributed by atoms with Crippen LogP contribution in [-0.4, -0.2) is 27.4 Å². The van der Waals surface area contributed by atoms with E-state index in [1.165, 1.54) is 5.56 Å². The second kappa shape index (κ2) is 6.30. The molecule has 1 aromatic heterocycles. The van der Waals surface area contributed by atoms with Crippen molar-refractivity contribution < 1.29 is 4.79 Å². The van der Waals surface area contributed by atoms with E-state index in [1.807, 2.05) is 16.8 Å². The molecule has 2 aromatic rings. The number of aryl methyl sites for hydroxylation is 1. The maximum Gasteiger partial charge on any atom is 0.273 e. The highest BCUT2D eigenvalue weighted by molar-refractivity contribution is 5.93. The van der Waals surface area contributed by atoms with Crippen LogP contribution >= 0.6 is 0 Å². The first-order chi connectivity index (χ1) is 10.7. The molecular formula is C17H22N4O. The van der Waals surface area contributed by atoms with Gasteiger partial charge in [0.05, 0.1) is 11.4 Å². The summed E-state index contributed by atoms with van der Waals surface area (Å²) in [5, 5.41) is 11.3. The topological polar surface area (TPSA) is 59.8 Å². The molecule has 0 saturated heterocycles. The van der Waals surface area contributed by atoms with Crippen molar-refractivity contribution in [1.82, 2.24) is 20.3 Å². The van der Waals surface area contributed by atoms with Crippen molar-refractivity contribution >= 4 is 5.91 Å². The molecule has 5 nitrogen and oxygen atoms in total. The summed E-state index contributed by atoms with van der Waals surface area (Å²) in [6.07, 6.45) is 4.26. The minimum absolute atomic E-state index is 0.103. The summed E-state index contributed by atoms with van der Waals surface area (Å²) >= 11 is 0. The van der Waals surface area contributed by atoms with Crippen LogP contribution in [0.5, 0.6) is 0 Å². The highest BCUT2D eigenvalue weighted by Gasteiger charge is 2.34. The van der Waals surface area contributed by atoms with Gasteiger partial charge in [-0.3, -0.25) is 4.79 Å². The number of amides is 1. The SMILES string of the molecule is CCCCNC(=O)c1nnn(-c2ccc(C)cc2)c1C1CC1. The Morgan fingerprint density at radius 2 is 2.05 bits per heavy atom. The van der Waals surface area contributed by atoms with E-state index in [-0.39, 0.29) is 5.91 Å². The number of aromatic nitrogens is 3. The third kappa shape index (κ3) is 3.03. The lowest BCUT2D eigenvalue weighted by Crippen LogP contribution is -2.26. The van der Waals surface area contributed by atoms with E-state index in [4.69, 9.17) is 0 Å². The second-order valence-corrected chi connectivity index (χ2v) is 5.95. The van der Waals surface area contributed by atoms with E-state index in [2.05, 4.69) is 41.6 Å². The third-order valence-electron chi connectivity index (χ3n) is 3.98. The molecule has 0 aliphatic heterocycles. The van der Waals surface area contributed by atoms with Crippen LogP contribution in [0.2, 0.25) is 0 Å². The van der Waals surface area contributed by atoms with E-state index in [0.29, 0.717) is 18.2 Å². The zero-order chi connectivity index (χ0) is 15.5. The van der Waals surface area contributed by atoms with E-state index in [9.17, 15) is 4.79 Å². The lowest BCUT2D eigenvalue weighted by Gasteiger charge is -2.08. The van der Waals surface area contributed by atoms with Crippen molar-refractivity contribution in [2.45, 2.75) is 45.4 Å². The van der Waals surface area contributed by atoms with Gasteiger partial charge in [0, 0.05) is 12.5 Å². The zero-order valence-electron chi connectivity index (χ0n) is 13.2. The molecule has 3 rings (SSSR count). The smallest absolute Gasteiger partial charge is 0.273 e. The molecular weight excluding hydrogens is 276 g/mol. The highest BCUT2D eigenvalue weighted by Crippen LogP contribution is 2.41. The minimum Gasteiger partial charge on any atom is -0.351 e. The Kier molecular flexibility index (Phi) is 4.22. The molecule has 22 heavy (non-hydrogen) atoms. The first-order valence-corrected chi connectivity index (χ1v) is 8.01. The standard InChI is InChI=1S/C17H22N4O/c1-3-4-11-18-17(22)15-16(13-7-8-13)21(20-19-15)14-9-5-12(2)6-10-14/h5-6,9-10,13H,3-4,7-8,11H2,1-2H3,(H,18,22). The largest absolute Gasteiger partial charge is 0.351 e. The summed E-state index contributed by atoms with van der Waals surface area (Å²) < 4.78 is 1.83. The van der Waals surface area contributed by atoms with Crippen LogP contribution in [0.4, 0.5) is 0 Å². The Labute approximate surface area is 130 Å². The van der Waals surface area contributed by atoms with Gasteiger partial charge in [-0.1, -0.05) is 36.3 Å². The fraction of sp³-hybridized carbons (Fsp3) is 0.471. The Hall–Kier alpha value is -2.17. The number of nitrogens with zero attached hydrogens (tertiary/aromatic N) is 3. The molecule has 0 bridgehead atoms. The van der Waals surface area contributed by atoms with Crippen molar-refractivity contribution in [1.29, 1.82) is 0 Å². The number of carbonyl (C=O) groups is 1. The first-order valence-electron chi connectivity index (χ1n) is 8.01.